The Kier molecular flexibility index (Phi) is 6.47. The summed E-state index contributed by atoms with van der Waals surface area (Å²) >= 11 is 0. The second kappa shape index (κ2) is 8.19. The van der Waals surface area contributed by atoms with Gasteiger partial charge in [0.15, 0.2) is 19.7 Å². The molecule has 0 unspecified atom stereocenters. The Labute approximate surface area is 182 Å². The van der Waals surface area contributed by atoms with Crippen LogP contribution in [-0.4, -0.2) is 69.7 Å². The van der Waals surface area contributed by atoms with E-state index in [1.54, 1.807) is 12.1 Å². The van der Waals surface area contributed by atoms with Crippen LogP contribution in [0.4, 0.5) is 0 Å². The highest BCUT2D eigenvalue weighted by molar-refractivity contribution is 7.96. The minimum atomic E-state index is -3.76. The van der Waals surface area contributed by atoms with E-state index in [0.29, 0.717) is 6.54 Å². The average Bonchev–Trinajstić information content (AvgIpc) is 3.28. The van der Waals surface area contributed by atoms with Gasteiger partial charge in [0, 0.05) is 18.1 Å². The molecule has 0 amide bonds. The predicted octanol–water partition coefficient (Wildman–Crippen LogP) is 2.39. The summed E-state index contributed by atoms with van der Waals surface area (Å²) in [6, 6.07) is 6.30. The van der Waals surface area contributed by atoms with Crippen molar-refractivity contribution in [3.8, 4) is 0 Å². The first-order valence-electron chi connectivity index (χ1n) is 10.8. The Balaban J connectivity index is 1.81. The number of rotatable bonds is 6. The van der Waals surface area contributed by atoms with Crippen molar-refractivity contribution in [2.75, 3.05) is 31.1 Å². The average molecular weight is 457 g/mol. The highest BCUT2D eigenvalue weighted by Gasteiger charge is 2.46. The van der Waals surface area contributed by atoms with E-state index in [9.17, 15) is 16.8 Å². The minimum Gasteiger partial charge on any atom is -0.310 e. The van der Waals surface area contributed by atoms with Gasteiger partial charge in [0.05, 0.1) is 21.7 Å². The van der Waals surface area contributed by atoms with Gasteiger partial charge >= 0.3 is 0 Å². The van der Waals surface area contributed by atoms with E-state index < -0.39 is 31.0 Å². The van der Waals surface area contributed by atoms with Crippen LogP contribution in [-0.2, 0) is 25.1 Å². The van der Waals surface area contributed by atoms with Crippen LogP contribution in [0, 0.1) is 0 Å². The standard InChI is InChI=1S/C22H36N2O4S2/c1-21(2,3)17-8-10-18(11-9-17)30(27,28)20-15-29(25,26)14-19(20)23-16-22(4,5)24-12-6-7-13-24/h8-11,19-20,23H,6-7,12-16H2,1-5H3/t19-,20-/m0/s1. The number of nitrogens with one attached hydrogen (secondary N) is 1. The number of likely N-dealkylation sites (tertiary alicyclic amines) is 1. The Morgan fingerprint density at radius 1 is 1.00 bits per heavy atom. The van der Waals surface area contributed by atoms with E-state index in [1.807, 2.05) is 12.1 Å². The first kappa shape index (κ1) is 23.7. The predicted molar refractivity (Wildman–Crippen MR) is 121 cm³/mol. The Morgan fingerprint density at radius 2 is 1.57 bits per heavy atom. The first-order chi connectivity index (χ1) is 13.7. The maximum Gasteiger partial charge on any atom is 0.183 e. The van der Waals surface area contributed by atoms with Gasteiger partial charge in [-0.2, -0.15) is 0 Å². The summed E-state index contributed by atoms with van der Waals surface area (Å²) in [5.74, 6) is -0.453. The van der Waals surface area contributed by atoms with Gasteiger partial charge in [0.25, 0.3) is 0 Å². The molecular formula is C22H36N2O4S2. The van der Waals surface area contributed by atoms with E-state index in [1.165, 1.54) is 12.8 Å². The molecule has 6 nitrogen and oxygen atoms in total. The lowest BCUT2D eigenvalue weighted by atomic mass is 9.87. The molecule has 8 heteroatoms. The van der Waals surface area contributed by atoms with Crippen molar-refractivity contribution in [2.24, 2.45) is 0 Å². The normalized spacial score (nSPS) is 25.6. The van der Waals surface area contributed by atoms with Gasteiger partial charge in [-0.05, 0) is 62.9 Å². The molecule has 1 N–H and O–H groups in total. The summed E-state index contributed by atoms with van der Waals surface area (Å²) in [6.45, 7) is 13.1. The lowest BCUT2D eigenvalue weighted by molar-refractivity contribution is 0.148. The molecule has 3 rings (SSSR count). The quantitative estimate of drug-likeness (QED) is 0.708. The summed E-state index contributed by atoms with van der Waals surface area (Å²) < 4.78 is 51.5. The van der Waals surface area contributed by atoms with Crippen molar-refractivity contribution in [2.45, 2.75) is 74.6 Å². The second-order valence-electron chi connectivity index (χ2n) is 10.4. The molecule has 1 aromatic rings. The molecule has 2 aliphatic rings. The number of nitrogens with zero attached hydrogens (tertiary/aromatic N) is 1. The molecule has 2 heterocycles. The van der Waals surface area contributed by atoms with E-state index in [0.717, 1.165) is 18.7 Å². The number of hydrogen-bond donors (Lipinski definition) is 1. The Bertz CT molecular complexity index is 955. The molecule has 0 radical (unpaired) electrons. The zero-order valence-corrected chi connectivity index (χ0v) is 20.4. The topological polar surface area (TPSA) is 83.5 Å². The molecule has 0 spiro atoms. The summed E-state index contributed by atoms with van der Waals surface area (Å²) in [6.07, 6.45) is 2.34. The van der Waals surface area contributed by atoms with Crippen LogP contribution < -0.4 is 5.32 Å². The maximum absolute atomic E-state index is 13.4. The van der Waals surface area contributed by atoms with Crippen molar-refractivity contribution >= 4 is 19.7 Å². The fraction of sp³-hybridized carbons (Fsp3) is 0.727. The summed E-state index contributed by atoms with van der Waals surface area (Å²) in [5.41, 5.74) is 0.818. The third kappa shape index (κ3) is 5.09. The minimum absolute atomic E-state index is 0.0791. The molecule has 2 fully saturated rings. The lowest BCUT2D eigenvalue weighted by Gasteiger charge is -2.37. The van der Waals surface area contributed by atoms with Gasteiger partial charge < -0.3 is 5.32 Å². The molecule has 0 bridgehead atoms. The van der Waals surface area contributed by atoms with Crippen LogP contribution >= 0.6 is 0 Å². The molecule has 170 valence electrons. The molecule has 2 atom stereocenters. The van der Waals surface area contributed by atoms with Gasteiger partial charge in [-0.15, -0.1) is 0 Å². The highest BCUT2D eigenvalue weighted by Crippen LogP contribution is 2.29. The van der Waals surface area contributed by atoms with Crippen molar-refractivity contribution in [3.63, 3.8) is 0 Å². The fourth-order valence-electron chi connectivity index (χ4n) is 4.45. The molecule has 0 aliphatic carbocycles. The van der Waals surface area contributed by atoms with Crippen molar-refractivity contribution in [1.29, 1.82) is 0 Å². The molecule has 2 saturated heterocycles. The lowest BCUT2D eigenvalue weighted by Crippen LogP contribution is -2.54. The van der Waals surface area contributed by atoms with E-state index in [2.05, 4.69) is 44.8 Å². The van der Waals surface area contributed by atoms with E-state index >= 15 is 0 Å². The van der Waals surface area contributed by atoms with Gasteiger partial charge in [-0.3, -0.25) is 4.90 Å². The summed E-state index contributed by atoms with van der Waals surface area (Å²) in [4.78, 5) is 2.58. The SMILES string of the molecule is CC(C)(C)c1ccc(S(=O)(=O)[C@H]2CS(=O)(=O)C[C@@H]2NCC(C)(C)N2CCCC2)cc1. The highest BCUT2D eigenvalue weighted by atomic mass is 32.2. The second-order valence-corrected chi connectivity index (χ2v) is 14.7. The molecule has 0 aromatic heterocycles. The smallest absolute Gasteiger partial charge is 0.183 e. The fourth-order valence-corrected chi connectivity index (χ4v) is 9.16. The number of hydrogen-bond acceptors (Lipinski definition) is 6. The molecule has 2 aliphatic heterocycles. The van der Waals surface area contributed by atoms with E-state index in [4.69, 9.17) is 0 Å². The third-order valence-corrected chi connectivity index (χ3v) is 10.7. The van der Waals surface area contributed by atoms with E-state index in [-0.39, 0.29) is 27.4 Å². The monoisotopic (exact) mass is 456 g/mol. The summed E-state index contributed by atoms with van der Waals surface area (Å²) in [7, 11) is -7.17. The molecule has 1 aromatic carbocycles. The van der Waals surface area contributed by atoms with Crippen LogP contribution in [0.5, 0.6) is 0 Å². The molecular weight excluding hydrogens is 420 g/mol. The first-order valence-corrected chi connectivity index (χ1v) is 14.1. The van der Waals surface area contributed by atoms with Crippen LogP contribution in [0.2, 0.25) is 0 Å². The maximum atomic E-state index is 13.4. The summed E-state index contributed by atoms with van der Waals surface area (Å²) in [5, 5.41) is 2.36. The number of sulfone groups is 2. The largest absolute Gasteiger partial charge is 0.310 e. The molecule has 0 saturated carbocycles. The van der Waals surface area contributed by atoms with Crippen molar-refractivity contribution < 1.29 is 16.8 Å². The van der Waals surface area contributed by atoms with Gasteiger partial charge in [-0.25, -0.2) is 16.8 Å². The van der Waals surface area contributed by atoms with Gasteiger partial charge in [0.2, 0.25) is 0 Å². The van der Waals surface area contributed by atoms with Crippen LogP contribution in [0.25, 0.3) is 0 Å². The van der Waals surface area contributed by atoms with Gasteiger partial charge in [0.1, 0.15) is 0 Å². The Morgan fingerprint density at radius 3 is 2.10 bits per heavy atom. The zero-order chi connectivity index (χ0) is 22.4. The zero-order valence-electron chi connectivity index (χ0n) is 18.8. The molecule has 30 heavy (non-hydrogen) atoms. The third-order valence-electron chi connectivity index (χ3n) is 6.51. The van der Waals surface area contributed by atoms with Crippen LogP contribution in [0.3, 0.4) is 0 Å². The van der Waals surface area contributed by atoms with Gasteiger partial charge in [-0.1, -0.05) is 32.9 Å². The Hall–Kier alpha value is -0.960. The van der Waals surface area contributed by atoms with Crippen LogP contribution in [0.15, 0.2) is 29.2 Å². The van der Waals surface area contributed by atoms with Crippen LogP contribution in [0.1, 0.15) is 53.0 Å². The number of benzene rings is 1. The van der Waals surface area contributed by atoms with Crippen molar-refractivity contribution in [3.05, 3.63) is 29.8 Å². The van der Waals surface area contributed by atoms with Crippen molar-refractivity contribution in [1.82, 2.24) is 10.2 Å².